The topological polar surface area (TPSA) is 156 Å². The molecule has 0 aliphatic rings. The predicted molar refractivity (Wildman–Crippen MR) is 117 cm³/mol. The van der Waals surface area contributed by atoms with E-state index in [-0.39, 0.29) is 0 Å². The van der Waals surface area contributed by atoms with Crippen LogP contribution >= 0.6 is 25.0 Å². The summed E-state index contributed by atoms with van der Waals surface area (Å²) in [5, 5.41) is 0.502. The van der Waals surface area contributed by atoms with E-state index in [1.807, 2.05) is 34.6 Å². The summed E-state index contributed by atoms with van der Waals surface area (Å²) in [6.45, 7) is 6.74. The van der Waals surface area contributed by atoms with E-state index in [0.29, 0.717) is 23.3 Å². The molecule has 0 atom stereocenters. The third kappa shape index (κ3) is 41.6. The quantitative estimate of drug-likeness (QED) is 0.340. The molecule has 14 heteroatoms. The zero-order valence-corrected chi connectivity index (χ0v) is 20.7. The summed E-state index contributed by atoms with van der Waals surface area (Å²) in [7, 11) is 0. The lowest BCUT2D eigenvalue weighted by atomic mass is 10.4. The van der Waals surface area contributed by atoms with Gasteiger partial charge in [0, 0.05) is 0 Å². The lowest BCUT2D eigenvalue weighted by Gasteiger charge is -2.06. The number of hydrogen-bond donors (Lipinski definition) is 6. The summed E-state index contributed by atoms with van der Waals surface area (Å²) < 4.78 is 5.22. The third-order valence-corrected chi connectivity index (χ3v) is 1.81. The summed E-state index contributed by atoms with van der Waals surface area (Å²) in [5.41, 5.74) is 0.757. The SMILES string of the molecule is CC.CCC.CCOc1nc(C)nc(C)c1Cl.OP(O)(O)=S.OP(O)(O)=S. The van der Waals surface area contributed by atoms with Crippen molar-refractivity contribution in [2.75, 3.05) is 6.61 Å². The molecule has 0 saturated carbocycles. The Balaban J connectivity index is -0.000000148. The van der Waals surface area contributed by atoms with Gasteiger partial charge in [-0.15, -0.1) is 0 Å². The zero-order valence-electron chi connectivity index (χ0n) is 16.5. The Bertz CT molecular complexity index is 549. The van der Waals surface area contributed by atoms with Gasteiger partial charge in [-0.1, -0.05) is 45.7 Å². The van der Waals surface area contributed by atoms with Gasteiger partial charge in [-0.2, -0.15) is 4.98 Å². The van der Waals surface area contributed by atoms with Crippen LogP contribution in [0.2, 0.25) is 5.02 Å². The fraction of sp³-hybridized carbons (Fsp3) is 0.692. The van der Waals surface area contributed by atoms with Gasteiger partial charge in [-0.05, 0) is 44.4 Å². The molecule has 1 aromatic heterocycles. The molecule has 0 saturated heterocycles. The molecule has 1 heterocycles. The van der Waals surface area contributed by atoms with Crippen molar-refractivity contribution in [1.82, 2.24) is 9.97 Å². The summed E-state index contributed by atoms with van der Waals surface area (Å²) in [5.74, 6) is 1.16. The number of ether oxygens (including phenoxy) is 1. The fourth-order valence-corrected chi connectivity index (χ4v) is 1.04. The minimum absolute atomic E-state index is 0.476. The second-order valence-electron chi connectivity index (χ2n) is 4.14. The van der Waals surface area contributed by atoms with Gasteiger partial charge in [0.05, 0.1) is 12.3 Å². The van der Waals surface area contributed by atoms with Crippen molar-refractivity contribution < 1.29 is 34.1 Å². The smallest absolute Gasteiger partial charge is 0.319 e. The number of hydrogen-bond acceptors (Lipinski definition) is 5. The molecular formula is C13H31ClN2O7P2S2. The second kappa shape index (κ2) is 19.5. The number of aromatic nitrogens is 2. The lowest BCUT2D eigenvalue weighted by molar-refractivity contribution is 0.325. The fourth-order valence-electron chi connectivity index (χ4n) is 0.900. The van der Waals surface area contributed by atoms with E-state index in [4.69, 9.17) is 45.7 Å². The number of nitrogens with zero attached hydrogens (tertiary/aromatic N) is 2. The lowest BCUT2D eigenvalue weighted by Crippen LogP contribution is -2.00. The maximum Gasteiger partial charge on any atom is 0.319 e. The van der Waals surface area contributed by atoms with Gasteiger partial charge >= 0.3 is 13.4 Å². The first-order chi connectivity index (χ1) is 12.1. The van der Waals surface area contributed by atoms with E-state index in [0.717, 1.165) is 5.69 Å². The first-order valence-electron chi connectivity index (χ1n) is 7.76. The molecular weight excluding hydrogens is 458 g/mol. The summed E-state index contributed by atoms with van der Waals surface area (Å²) in [6, 6.07) is 0. The molecule has 0 bridgehead atoms. The van der Waals surface area contributed by atoms with Crippen LogP contribution in [0.15, 0.2) is 0 Å². The number of aryl methyl sites for hydroxylation is 2. The Morgan fingerprint density at radius 3 is 1.44 bits per heavy atom. The standard InChI is InChI=1S/C8H11ClN2O.C3H8.C2H6.2H3O3PS/c1-4-12-8-7(9)5(2)10-6(3)11-8;1-3-2;1-2;2*1-4(2,3)5/h4H2,1-3H3;3H2,1-2H3;1-2H3;2*(H3,1,2,3,5). The van der Waals surface area contributed by atoms with Crippen LogP contribution in [0.3, 0.4) is 0 Å². The number of halogens is 1. The molecule has 0 fully saturated rings. The van der Waals surface area contributed by atoms with Crippen LogP contribution < -0.4 is 4.74 Å². The van der Waals surface area contributed by atoms with Gasteiger partial charge in [0.1, 0.15) is 10.8 Å². The molecule has 1 aromatic rings. The van der Waals surface area contributed by atoms with Crippen molar-refractivity contribution in [1.29, 1.82) is 0 Å². The predicted octanol–water partition coefficient (Wildman–Crippen LogP) is 2.96. The van der Waals surface area contributed by atoms with Gasteiger partial charge in [0.25, 0.3) is 0 Å². The highest BCUT2D eigenvalue weighted by Gasteiger charge is 2.07. The monoisotopic (exact) mass is 488 g/mol. The molecule has 6 N–H and O–H groups in total. The van der Waals surface area contributed by atoms with Crippen LogP contribution in [0.1, 0.15) is 52.6 Å². The largest absolute Gasteiger partial charge is 0.477 e. The van der Waals surface area contributed by atoms with Crippen molar-refractivity contribution in [2.24, 2.45) is 0 Å². The molecule has 0 spiro atoms. The van der Waals surface area contributed by atoms with Gasteiger partial charge < -0.3 is 34.1 Å². The molecule has 0 amide bonds. The van der Waals surface area contributed by atoms with Crippen LogP contribution in [0, 0.1) is 13.8 Å². The highest BCUT2D eigenvalue weighted by Crippen LogP contribution is 2.27. The second-order valence-corrected chi connectivity index (χ2v) is 9.51. The van der Waals surface area contributed by atoms with E-state index in [9.17, 15) is 0 Å². The van der Waals surface area contributed by atoms with Crippen LogP contribution in [0.4, 0.5) is 0 Å². The van der Waals surface area contributed by atoms with Gasteiger partial charge in [-0.3, -0.25) is 0 Å². The van der Waals surface area contributed by atoms with Crippen molar-refractivity contribution in [3.8, 4) is 5.88 Å². The molecule has 0 aliphatic heterocycles. The van der Waals surface area contributed by atoms with Crippen molar-refractivity contribution in [2.45, 2.75) is 54.9 Å². The molecule has 27 heavy (non-hydrogen) atoms. The van der Waals surface area contributed by atoms with Crippen LogP contribution in [0.25, 0.3) is 0 Å². The van der Waals surface area contributed by atoms with Crippen molar-refractivity contribution >= 4 is 48.7 Å². The van der Waals surface area contributed by atoms with E-state index in [2.05, 4.69) is 47.4 Å². The first kappa shape index (κ1) is 34.7. The van der Waals surface area contributed by atoms with Crippen molar-refractivity contribution in [3.63, 3.8) is 0 Å². The molecule has 164 valence electrons. The maximum atomic E-state index is 7.56. The minimum Gasteiger partial charge on any atom is -0.477 e. The van der Waals surface area contributed by atoms with E-state index >= 15 is 0 Å². The van der Waals surface area contributed by atoms with Gasteiger partial charge in [-0.25, -0.2) is 4.98 Å². The Hall–Kier alpha value is 0.230. The van der Waals surface area contributed by atoms with E-state index in [1.165, 1.54) is 6.42 Å². The van der Waals surface area contributed by atoms with Crippen LogP contribution in [-0.4, -0.2) is 45.9 Å². The van der Waals surface area contributed by atoms with Crippen molar-refractivity contribution in [3.05, 3.63) is 16.5 Å². The Labute approximate surface area is 176 Å². The van der Waals surface area contributed by atoms with Crippen LogP contribution in [0.5, 0.6) is 5.88 Å². The summed E-state index contributed by atoms with van der Waals surface area (Å²) >= 11 is 13.1. The van der Waals surface area contributed by atoms with Crippen LogP contribution in [-0.2, 0) is 23.6 Å². The Kier molecular flexibility index (Phi) is 25.1. The highest BCUT2D eigenvalue weighted by atomic mass is 35.5. The van der Waals surface area contributed by atoms with E-state index < -0.39 is 13.4 Å². The zero-order chi connectivity index (χ0) is 22.8. The first-order valence-corrected chi connectivity index (χ1v) is 13.5. The maximum absolute atomic E-state index is 7.56. The minimum atomic E-state index is -3.81. The third-order valence-electron chi connectivity index (χ3n) is 1.38. The molecule has 0 unspecified atom stereocenters. The molecule has 0 radical (unpaired) electrons. The molecule has 9 nitrogen and oxygen atoms in total. The normalized spacial score (nSPS) is 9.70. The highest BCUT2D eigenvalue weighted by molar-refractivity contribution is 8.06. The summed E-state index contributed by atoms with van der Waals surface area (Å²) in [4.78, 5) is 53.5. The Morgan fingerprint density at radius 2 is 1.19 bits per heavy atom. The number of rotatable bonds is 2. The van der Waals surface area contributed by atoms with Gasteiger partial charge in [0.2, 0.25) is 5.88 Å². The average molecular weight is 489 g/mol. The molecule has 0 aliphatic carbocycles. The summed E-state index contributed by atoms with van der Waals surface area (Å²) in [6.07, 6.45) is 1.25. The Morgan fingerprint density at radius 1 is 0.889 bits per heavy atom. The van der Waals surface area contributed by atoms with Gasteiger partial charge in [0.15, 0.2) is 0 Å². The molecule has 0 aromatic carbocycles. The average Bonchev–Trinajstić information content (AvgIpc) is 2.44. The van der Waals surface area contributed by atoms with E-state index in [1.54, 1.807) is 0 Å². The molecule has 1 rings (SSSR count).